The summed E-state index contributed by atoms with van der Waals surface area (Å²) >= 11 is 0. The maximum absolute atomic E-state index is 12.8. The molecular weight excluding hydrogens is 410 g/mol. The largest absolute Gasteiger partial charge is 0.378 e. The van der Waals surface area contributed by atoms with E-state index in [-0.39, 0.29) is 17.3 Å². The minimum absolute atomic E-state index is 0.0599. The Morgan fingerprint density at radius 3 is 2.62 bits per heavy atom. The molecule has 32 heavy (non-hydrogen) atoms. The first-order valence-electron chi connectivity index (χ1n) is 10.4. The van der Waals surface area contributed by atoms with E-state index in [9.17, 15) is 4.79 Å². The van der Waals surface area contributed by atoms with Crippen LogP contribution in [0.4, 0.5) is 5.82 Å². The Labute approximate surface area is 185 Å². The van der Waals surface area contributed by atoms with Crippen LogP contribution in [0, 0.1) is 0 Å². The number of nitrogen functional groups attached to an aromatic ring is 1. The number of hydrogen-bond acceptors (Lipinski definition) is 9. The van der Waals surface area contributed by atoms with Crippen LogP contribution in [0.1, 0.15) is 48.4 Å². The molecule has 0 atom stereocenters. The molecule has 0 aliphatic rings. The van der Waals surface area contributed by atoms with Crippen molar-refractivity contribution in [1.29, 1.82) is 0 Å². The zero-order valence-electron chi connectivity index (χ0n) is 18.2. The SMILES string of the molecule is CCCN(CCC)Cc1c(C(=O)NN=CC=Cc2ccccc2)nnn1-c1nonc1N. The average molecular weight is 438 g/mol. The van der Waals surface area contributed by atoms with Crippen LogP contribution in [-0.2, 0) is 6.54 Å². The van der Waals surface area contributed by atoms with E-state index in [1.165, 1.54) is 10.9 Å². The van der Waals surface area contributed by atoms with Crippen molar-refractivity contribution >= 4 is 24.0 Å². The molecule has 1 amide bonds. The molecule has 0 unspecified atom stereocenters. The fraction of sp³-hybridized carbons (Fsp3) is 0.333. The van der Waals surface area contributed by atoms with Crippen LogP contribution in [0.25, 0.3) is 11.9 Å². The Bertz CT molecular complexity index is 1050. The molecule has 168 valence electrons. The number of aromatic nitrogens is 5. The summed E-state index contributed by atoms with van der Waals surface area (Å²) in [5, 5.41) is 19.5. The molecule has 3 aromatic rings. The van der Waals surface area contributed by atoms with Crippen molar-refractivity contribution in [2.45, 2.75) is 33.2 Å². The van der Waals surface area contributed by atoms with Gasteiger partial charge in [0.1, 0.15) is 0 Å². The van der Waals surface area contributed by atoms with Gasteiger partial charge in [0.05, 0.1) is 5.69 Å². The summed E-state index contributed by atoms with van der Waals surface area (Å²) in [6, 6.07) is 9.77. The number of amides is 1. The Hall–Kier alpha value is -3.86. The molecule has 0 spiro atoms. The van der Waals surface area contributed by atoms with Gasteiger partial charge in [-0.15, -0.1) is 5.10 Å². The van der Waals surface area contributed by atoms with Crippen molar-refractivity contribution < 1.29 is 9.42 Å². The van der Waals surface area contributed by atoms with E-state index in [0.717, 1.165) is 31.5 Å². The van der Waals surface area contributed by atoms with E-state index in [1.807, 2.05) is 36.4 Å². The lowest BCUT2D eigenvalue weighted by molar-refractivity contribution is 0.0947. The maximum Gasteiger partial charge on any atom is 0.293 e. The molecule has 1 aromatic carbocycles. The summed E-state index contributed by atoms with van der Waals surface area (Å²) in [5.41, 5.74) is 10.0. The zero-order chi connectivity index (χ0) is 22.8. The average Bonchev–Trinajstić information content (AvgIpc) is 3.40. The van der Waals surface area contributed by atoms with Crippen LogP contribution in [0.2, 0.25) is 0 Å². The van der Waals surface area contributed by atoms with E-state index >= 15 is 0 Å². The fourth-order valence-electron chi connectivity index (χ4n) is 3.15. The first-order valence-corrected chi connectivity index (χ1v) is 10.4. The number of carbonyl (C=O) groups excluding carboxylic acids is 1. The number of allylic oxidation sites excluding steroid dienone is 1. The predicted octanol–water partition coefficient (Wildman–Crippen LogP) is 2.28. The third kappa shape index (κ3) is 5.85. The lowest BCUT2D eigenvalue weighted by Gasteiger charge is -2.21. The Morgan fingerprint density at radius 2 is 1.97 bits per heavy atom. The second-order valence-corrected chi connectivity index (χ2v) is 7.03. The van der Waals surface area contributed by atoms with Gasteiger partial charge in [-0.25, -0.2) is 10.1 Å². The van der Waals surface area contributed by atoms with Gasteiger partial charge in [-0.1, -0.05) is 55.5 Å². The first-order chi connectivity index (χ1) is 15.6. The molecule has 0 saturated heterocycles. The smallest absolute Gasteiger partial charge is 0.293 e. The molecule has 0 fully saturated rings. The second-order valence-electron chi connectivity index (χ2n) is 7.03. The number of hydrazone groups is 1. The molecule has 2 aromatic heterocycles. The number of rotatable bonds is 11. The third-order valence-electron chi connectivity index (χ3n) is 4.54. The normalized spacial score (nSPS) is 11.7. The monoisotopic (exact) mass is 437 g/mol. The molecular formula is C21H27N9O2. The standard InChI is InChI=1S/C21H27N9O2/c1-3-13-29(14-4-2)15-17-18(24-28-30(17)20-19(22)26-32-27-20)21(31)25-23-12-8-11-16-9-6-5-7-10-16/h5-12H,3-4,13-15H2,1-2H3,(H2,22,26)(H,25,31). The van der Waals surface area contributed by atoms with Gasteiger partial charge in [0.15, 0.2) is 5.69 Å². The van der Waals surface area contributed by atoms with Crippen molar-refractivity contribution in [3.63, 3.8) is 0 Å². The van der Waals surface area contributed by atoms with E-state index in [1.54, 1.807) is 6.08 Å². The summed E-state index contributed by atoms with van der Waals surface area (Å²) in [5.74, 6) is -0.239. The van der Waals surface area contributed by atoms with Gasteiger partial charge < -0.3 is 5.73 Å². The number of nitrogens with zero attached hydrogens (tertiary/aromatic N) is 7. The molecule has 0 aliphatic carbocycles. The summed E-state index contributed by atoms with van der Waals surface area (Å²) in [6.07, 6.45) is 7.04. The Kier molecular flexibility index (Phi) is 8.21. The van der Waals surface area contributed by atoms with Crippen LogP contribution < -0.4 is 11.2 Å². The first kappa shape index (κ1) is 22.8. The summed E-state index contributed by atoms with van der Waals surface area (Å²) in [7, 11) is 0. The van der Waals surface area contributed by atoms with Crippen molar-refractivity contribution in [3.05, 3.63) is 53.4 Å². The van der Waals surface area contributed by atoms with Crippen molar-refractivity contribution in [2.24, 2.45) is 5.10 Å². The minimum Gasteiger partial charge on any atom is -0.378 e. The van der Waals surface area contributed by atoms with Crippen LogP contribution in [0.15, 0.2) is 46.1 Å². The van der Waals surface area contributed by atoms with E-state index in [0.29, 0.717) is 12.2 Å². The minimum atomic E-state index is -0.487. The van der Waals surface area contributed by atoms with Crippen LogP contribution in [0.3, 0.4) is 0 Å². The van der Waals surface area contributed by atoms with Crippen molar-refractivity contribution in [3.8, 4) is 5.82 Å². The molecule has 2 heterocycles. The van der Waals surface area contributed by atoms with E-state index < -0.39 is 5.91 Å². The van der Waals surface area contributed by atoms with E-state index in [2.05, 4.69) is 49.9 Å². The zero-order valence-corrected chi connectivity index (χ0v) is 18.2. The van der Waals surface area contributed by atoms with Crippen molar-refractivity contribution in [2.75, 3.05) is 18.8 Å². The van der Waals surface area contributed by atoms with Crippen LogP contribution >= 0.6 is 0 Å². The van der Waals surface area contributed by atoms with Gasteiger partial charge in [0.25, 0.3) is 5.91 Å². The lowest BCUT2D eigenvalue weighted by Crippen LogP contribution is -2.28. The Morgan fingerprint density at radius 1 is 1.22 bits per heavy atom. The summed E-state index contributed by atoms with van der Waals surface area (Å²) in [6.45, 7) is 6.34. The highest BCUT2D eigenvalue weighted by atomic mass is 16.6. The van der Waals surface area contributed by atoms with E-state index in [4.69, 9.17) is 10.4 Å². The van der Waals surface area contributed by atoms with Gasteiger partial charge >= 0.3 is 0 Å². The maximum atomic E-state index is 12.8. The van der Waals surface area contributed by atoms with Gasteiger partial charge in [-0.2, -0.15) is 9.78 Å². The number of hydrogen-bond donors (Lipinski definition) is 2. The fourth-order valence-corrected chi connectivity index (χ4v) is 3.15. The molecule has 0 saturated carbocycles. The lowest BCUT2D eigenvalue weighted by atomic mass is 10.2. The topological polar surface area (TPSA) is 140 Å². The highest BCUT2D eigenvalue weighted by molar-refractivity contribution is 5.94. The third-order valence-corrected chi connectivity index (χ3v) is 4.54. The molecule has 0 aliphatic heterocycles. The summed E-state index contributed by atoms with van der Waals surface area (Å²) < 4.78 is 6.08. The summed E-state index contributed by atoms with van der Waals surface area (Å²) in [4.78, 5) is 15.0. The molecule has 11 heteroatoms. The second kappa shape index (κ2) is 11.5. The molecule has 3 rings (SSSR count). The van der Waals surface area contributed by atoms with Crippen molar-refractivity contribution in [1.82, 2.24) is 35.6 Å². The Balaban J connectivity index is 1.79. The quantitative estimate of drug-likeness (QED) is 0.344. The molecule has 11 nitrogen and oxygen atoms in total. The van der Waals surface area contributed by atoms with Gasteiger partial charge in [0.2, 0.25) is 11.6 Å². The highest BCUT2D eigenvalue weighted by Gasteiger charge is 2.25. The number of anilines is 1. The highest BCUT2D eigenvalue weighted by Crippen LogP contribution is 2.18. The van der Waals surface area contributed by atoms with Gasteiger partial charge in [-0.05, 0) is 47.9 Å². The number of carbonyl (C=O) groups is 1. The predicted molar refractivity (Wildman–Crippen MR) is 121 cm³/mol. The molecule has 0 radical (unpaired) electrons. The molecule has 0 bridgehead atoms. The van der Waals surface area contributed by atoms with Gasteiger partial charge in [0, 0.05) is 12.8 Å². The van der Waals surface area contributed by atoms with Crippen LogP contribution in [-0.4, -0.2) is 55.4 Å². The molecule has 3 N–H and O–H groups in total. The number of nitrogens with two attached hydrogens (primary N) is 1. The van der Waals surface area contributed by atoms with Gasteiger partial charge in [-0.3, -0.25) is 9.69 Å². The van der Waals surface area contributed by atoms with Crippen LogP contribution in [0.5, 0.6) is 0 Å². The number of nitrogens with one attached hydrogen (secondary N) is 1. The number of benzene rings is 1.